The predicted molar refractivity (Wildman–Crippen MR) is 77.4 cm³/mol. The monoisotopic (exact) mass is 263 g/mol. The van der Waals surface area contributed by atoms with Crippen LogP contribution in [0.3, 0.4) is 0 Å². The largest absolute Gasteiger partial charge is 0.491 e. The Labute approximate surface area is 115 Å². The Morgan fingerprint density at radius 1 is 1.42 bits per heavy atom. The van der Waals surface area contributed by atoms with E-state index in [1.807, 2.05) is 18.2 Å². The number of nitrogens with two attached hydrogens (primary N) is 1. The number of para-hydroxylation sites is 1. The minimum atomic E-state index is -0.581. The van der Waals surface area contributed by atoms with Gasteiger partial charge in [0.1, 0.15) is 12.4 Å². The molecule has 3 nitrogen and oxygen atoms in total. The summed E-state index contributed by atoms with van der Waals surface area (Å²) in [6.07, 6.45) is 3.29. The lowest BCUT2D eigenvalue weighted by Crippen LogP contribution is -2.51. The van der Waals surface area contributed by atoms with Crippen LogP contribution in [-0.4, -0.2) is 23.9 Å². The molecule has 1 saturated carbocycles. The van der Waals surface area contributed by atoms with Crippen molar-refractivity contribution < 1.29 is 9.84 Å². The number of benzene rings is 1. The highest BCUT2D eigenvalue weighted by Gasteiger charge is 2.42. The second kappa shape index (κ2) is 5.93. The van der Waals surface area contributed by atoms with Gasteiger partial charge < -0.3 is 15.6 Å². The maximum Gasteiger partial charge on any atom is 0.122 e. The molecule has 0 heterocycles. The molecule has 0 aliphatic heterocycles. The maximum absolute atomic E-state index is 9.49. The van der Waals surface area contributed by atoms with Gasteiger partial charge in [0.05, 0.1) is 12.1 Å². The molecule has 1 aliphatic carbocycles. The van der Waals surface area contributed by atoms with Crippen LogP contribution in [0.1, 0.15) is 44.6 Å². The molecule has 2 atom stereocenters. The van der Waals surface area contributed by atoms with Crippen molar-refractivity contribution in [1.29, 1.82) is 0 Å². The van der Waals surface area contributed by atoms with E-state index in [9.17, 15) is 5.11 Å². The first-order valence-electron chi connectivity index (χ1n) is 7.22. The van der Waals surface area contributed by atoms with Crippen molar-refractivity contribution in [1.82, 2.24) is 0 Å². The van der Waals surface area contributed by atoms with Crippen LogP contribution in [0.15, 0.2) is 24.3 Å². The van der Waals surface area contributed by atoms with E-state index in [2.05, 4.69) is 19.9 Å². The molecule has 0 saturated heterocycles. The van der Waals surface area contributed by atoms with E-state index in [-0.39, 0.29) is 6.61 Å². The fourth-order valence-corrected chi connectivity index (χ4v) is 2.40. The summed E-state index contributed by atoms with van der Waals surface area (Å²) in [5.74, 6) is 1.78. The van der Waals surface area contributed by atoms with Crippen molar-refractivity contribution in [3.05, 3.63) is 29.8 Å². The Hall–Kier alpha value is -1.06. The third-order valence-corrected chi connectivity index (χ3v) is 4.24. The van der Waals surface area contributed by atoms with E-state index in [1.54, 1.807) is 0 Å². The lowest BCUT2D eigenvalue weighted by Gasteiger charge is -2.28. The van der Waals surface area contributed by atoms with Gasteiger partial charge in [-0.25, -0.2) is 0 Å². The van der Waals surface area contributed by atoms with Gasteiger partial charge in [-0.05, 0) is 42.7 Å². The van der Waals surface area contributed by atoms with Crippen LogP contribution in [-0.2, 0) is 0 Å². The van der Waals surface area contributed by atoms with E-state index >= 15 is 0 Å². The normalized spacial score (nSPS) is 19.8. The zero-order valence-corrected chi connectivity index (χ0v) is 11.9. The minimum Gasteiger partial charge on any atom is -0.491 e. The Morgan fingerprint density at radius 3 is 2.68 bits per heavy atom. The fraction of sp³-hybridized carbons (Fsp3) is 0.625. The average Bonchev–Trinajstić information content (AvgIpc) is 3.29. The summed E-state index contributed by atoms with van der Waals surface area (Å²) in [6.45, 7) is 4.75. The standard InChI is InChI=1S/C16H25NO2/c1-3-12(2)14-6-4-5-7-15(14)19-11-16(17,10-18)13-8-9-13/h4-7,12-13,18H,3,8-11,17H2,1-2H3. The van der Waals surface area contributed by atoms with Gasteiger partial charge in [-0.15, -0.1) is 0 Å². The van der Waals surface area contributed by atoms with Crippen molar-refractivity contribution >= 4 is 0 Å². The number of rotatable bonds is 7. The molecule has 0 amide bonds. The van der Waals surface area contributed by atoms with Crippen LogP contribution in [0.4, 0.5) is 0 Å². The van der Waals surface area contributed by atoms with Crippen LogP contribution in [0.25, 0.3) is 0 Å². The summed E-state index contributed by atoms with van der Waals surface area (Å²) in [6, 6.07) is 8.12. The molecule has 2 rings (SSSR count). The molecule has 1 fully saturated rings. The summed E-state index contributed by atoms with van der Waals surface area (Å²) >= 11 is 0. The number of aliphatic hydroxyl groups excluding tert-OH is 1. The molecule has 1 aromatic carbocycles. The number of ether oxygens (including phenoxy) is 1. The molecule has 0 bridgehead atoms. The lowest BCUT2D eigenvalue weighted by atomic mass is 9.96. The third-order valence-electron chi connectivity index (χ3n) is 4.24. The van der Waals surface area contributed by atoms with E-state index in [0.29, 0.717) is 18.4 Å². The molecule has 106 valence electrons. The van der Waals surface area contributed by atoms with Gasteiger partial charge in [0.15, 0.2) is 0 Å². The molecule has 3 N–H and O–H groups in total. The van der Waals surface area contributed by atoms with Crippen LogP contribution in [0.2, 0.25) is 0 Å². The van der Waals surface area contributed by atoms with Crippen molar-refractivity contribution in [2.75, 3.05) is 13.2 Å². The molecule has 19 heavy (non-hydrogen) atoms. The third kappa shape index (κ3) is 3.28. The molecule has 0 aromatic heterocycles. The quantitative estimate of drug-likeness (QED) is 0.795. The van der Waals surface area contributed by atoms with Gasteiger partial charge in [-0.2, -0.15) is 0 Å². The molecule has 0 spiro atoms. The van der Waals surface area contributed by atoms with Gasteiger partial charge >= 0.3 is 0 Å². The summed E-state index contributed by atoms with van der Waals surface area (Å²) in [5.41, 5.74) is 6.88. The van der Waals surface area contributed by atoms with E-state index < -0.39 is 5.54 Å². The number of hydrogen-bond acceptors (Lipinski definition) is 3. The first kappa shape index (κ1) is 14.4. The highest BCUT2D eigenvalue weighted by Crippen LogP contribution is 2.39. The average molecular weight is 263 g/mol. The molecular weight excluding hydrogens is 238 g/mol. The number of aliphatic hydroxyl groups is 1. The maximum atomic E-state index is 9.49. The SMILES string of the molecule is CCC(C)c1ccccc1OCC(N)(CO)C1CC1. The van der Waals surface area contributed by atoms with Gasteiger partial charge in [0.25, 0.3) is 0 Å². The molecule has 2 unspecified atom stereocenters. The Morgan fingerprint density at radius 2 is 2.11 bits per heavy atom. The van der Waals surface area contributed by atoms with E-state index in [1.165, 1.54) is 5.56 Å². The summed E-state index contributed by atoms with van der Waals surface area (Å²) < 4.78 is 5.93. The van der Waals surface area contributed by atoms with Crippen LogP contribution >= 0.6 is 0 Å². The minimum absolute atomic E-state index is 0.0107. The summed E-state index contributed by atoms with van der Waals surface area (Å²) in [5, 5.41) is 9.49. The smallest absolute Gasteiger partial charge is 0.122 e. The van der Waals surface area contributed by atoms with Gasteiger partial charge in [-0.3, -0.25) is 0 Å². The van der Waals surface area contributed by atoms with Crippen molar-refractivity contribution in [3.63, 3.8) is 0 Å². The highest BCUT2D eigenvalue weighted by atomic mass is 16.5. The highest BCUT2D eigenvalue weighted by molar-refractivity contribution is 5.36. The number of hydrogen-bond donors (Lipinski definition) is 2. The zero-order valence-electron chi connectivity index (χ0n) is 11.9. The van der Waals surface area contributed by atoms with Crippen LogP contribution in [0.5, 0.6) is 5.75 Å². The van der Waals surface area contributed by atoms with Gasteiger partial charge in [0.2, 0.25) is 0 Å². The van der Waals surface area contributed by atoms with E-state index in [0.717, 1.165) is 25.0 Å². The first-order valence-corrected chi connectivity index (χ1v) is 7.22. The Bertz CT molecular complexity index is 417. The molecular formula is C16H25NO2. The fourth-order valence-electron chi connectivity index (χ4n) is 2.40. The topological polar surface area (TPSA) is 55.5 Å². The van der Waals surface area contributed by atoms with Crippen LogP contribution < -0.4 is 10.5 Å². The van der Waals surface area contributed by atoms with Crippen molar-refractivity contribution in [2.45, 2.75) is 44.6 Å². The van der Waals surface area contributed by atoms with Crippen molar-refractivity contribution in [3.8, 4) is 5.75 Å². The summed E-state index contributed by atoms with van der Waals surface area (Å²) in [4.78, 5) is 0. The molecule has 3 heteroatoms. The first-order chi connectivity index (χ1) is 9.10. The van der Waals surface area contributed by atoms with Gasteiger partial charge in [-0.1, -0.05) is 32.0 Å². The van der Waals surface area contributed by atoms with Crippen LogP contribution in [0, 0.1) is 5.92 Å². The Balaban J connectivity index is 2.06. The van der Waals surface area contributed by atoms with E-state index in [4.69, 9.17) is 10.5 Å². The lowest BCUT2D eigenvalue weighted by molar-refractivity contribution is 0.116. The molecule has 1 aliphatic rings. The summed E-state index contributed by atoms with van der Waals surface area (Å²) in [7, 11) is 0. The Kier molecular flexibility index (Phi) is 4.48. The molecule has 1 aromatic rings. The second-order valence-electron chi connectivity index (χ2n) is 5.80. The van der Waals surface area contributed by atoms with Gasteiger partial charge in [0, 0.05) is 0 Å². The van der Waals surface area contributed by atoms with Crippen molar-refractivity contribution in [2.24, 2.45) is 11.7 Å². The second-order valence-corrected chi connectivity index (χ2v) is 5.80. The molecule has 0 radical (unpaired) electrons. The zero-order chi connectivity index (χ0) is 13.9. The predicted octanol–water partition coefficient (Wildman–Crippen LogP) is 2.68.